The van der Waals surface area contributed by atoms with E-state index in [0.29, 0.717) is 41.2 Å². The zero-order valence-corrected chi connectivity index (χ0v) is 17.2. The van der Waals surface area contributed by atoms with Gasteiger partial charge in [0.2, 0.25) is 0 Å². The topological polar surface area (TPSA) is 140 Å². The number of amides is 2. The zero-order chi connectivity index (χ0) is 22.7. The lowest BCUT2D eigenvalue weighted by molar-refractivity contribution is -0.384. The minimum absolute atomic E-state index is 0.126. The minimum atomic E-state index is -0.566. The van der Waals surface area contributed by atoms with E-state index in [1.54, 1.807) is 19.1 Å². The van der Waals surface area contributed by atoms with E-state index in [9.17, 15) is 19.7 Å². The molecule has 0 fully saturated rings. The Morgan fingerprint density at radius 3 is 2.78 bits per heavy atom. The van der Waals surface area contributed by atoms with Crippen molar-refractivity contribution in [2.45, 2.75) is 32.7 Å². The summed E-state index contributed by atoms with van der Waals surface area (Å²) in [5.74, 6) is 0.527. The normalized spacial score (nSPS) is 14.1. The molecule has 0 spiro atoms. The molecule has 164 valence electrons. The van der Waals surface area contributed by atoms with Crippen LogP contribution in [0.5, 0.6) is 0 Å². The average molecular weight is 436 g/mol. The number of nitrogens with one attached hydrogen (secondary N) is 2. The number of hydrazone groups is 1. The lowest BCUT2D eigenvalue weighted by atomic mass is 9.93. The van der Waals surface area contributed by atoms with Crippen molar-refractivity contribution < 1.29 is 23.3 Å². The van der Waals surface area contributed by atoms with Crippen molar-refractivity contribution in [2.75, 3.05) is 0 Å². The van der Waals surface area contributed by atoms with Gasteiger partial charge in [-0.3, -0.25) is 19.7 Å². The third kappa shape index (κ3) is 4.29. The van der Waals surface area contributed by atoms with Gasteiger partial charge < -0.3 is 14.2 Å². The van der Waals surface area contributed by atoms with Crippen molar-refractivity contribution in [3.63, 3.8) is 0 Å². The van der Waals surface area contributed by atoms with Gasteiger partial charge in [-0.15, -0.1) is 0 Å². The summed E-state index contributed by atoms with van der Waals surface area (Å²) in [4.78, 5) is 35.4. The first-order valence-electron chi connectivity index (χ1n) is 9.98. The molecule has 0 aliphatic heterocycles. The molecule has 4 rings (SSSR count). The maximum absolute atomic E-state index is 12.6. The number of hydrogen-bond acceptors (Lipinski definition) is 7. The molecule has 2 N–H and O–H groups in total. The Morgan fingerprint density at radius 1 is 1.19 bits per heavy atom. The average Bonchev–Trinajstić information content (AvgIpc) is 3.44. The van der Waals surface area contributed by atoms with Crippen molar-refractivity contribution in [3.8, 4) is 0 Å². The van der Waals surface area contributed by atoms with E-state index >= 15 is 0 Å². The molecule has 0 unspecified atom stereocenters. The largest absolute Gasteiger partial charge is 0.467 e. The number of non-ortho nitro benzene ring substituents is 1. The first kappa shape index (κ1) is 21.0. The van der Waals surface area contributed by atoms with E-state index in [0.717, 1.165) is 6.42 Å². The molecule has 0 atom stereocenters. The summed E-state index contributed by atoms with van der Waals surface area (Å²) < 4.78 is 11.0. The number of nitro benzene ring substituents is 1. The molecule has 0 radical (unpaired) electrons. The molecule has 2 aromatic heterocycles. The molecule has 2 amide bonds. The highest BCUT2D eigenvalue weighted by Gasteiger charge is 2.28. The van der Waals surface area contributed by atoms with Gasteiger partial charge in [-0.1, -0.05) is 6.07 Å². The summed E-state index contributed by atoms with van der Waals surface area (Å²) in [6.07, 6.45) is 3.53. The smallest absolute Gasteiger partial charge is 0.287 e. The lowest BCUT2D eigenvalue weighted by Gasteiger charge is -2.13. The summed E-state index contributed by atoms with van der Waals surface area (Å²) in [5, 5.41) is 17.9. The number of nitro groups is 1. The van der Waals surface area contributed by atoms with Gasteiger partial charge in [0, 0.05) is 35.2 Å². The van der Waals surface area contributed by atoms with E-state index in [-0.39, 0.29) is 29.5 Å². The Kier molecular flexibility index (Phi) is 5.84. The fraction of sp³-hybridized carbons (Fsp3) is 0.227. The van der Waals surface area contributed by atoms with Crippen molar-refractivity contribution in [3.05, 3.63) is 86.7 Å². The zero-order valence-electron chi connectivity index (χ0n) is 17.2. The van der Waals surface area contributed by atoms with Gasteiger partial charge >= 0.3 is 0 Å². The van der Waals surface area contributed by atoms with Crippen LogP contribution in [0, 0.1) is 17.0 Å². The lowest BCUT2D eigenvalue weighted by Crippen LogP contribution is -2.23. The van der Waals surface area contributed by atoms with Crippen LogP contribution in [0.3, 0.4) is 0 Å². The quantitative estimate of drug-likeness (QED) is 0.448. The highest BCUT2D eigenvalue weighted by molar-refractivity contribution is 6.07. The van der Waals surface area contributed by atoms with E-state index < -0.39 is 10.8 Å². The van der Waals surface area contributed by atoms with Crippen LogP contribution in [0.4, 0.5) is 5.69 Å². The summed E-state index contributed by atoms with van der Waals surface area (Å²) in [6, 6.07) is 8.90. The third-order valence-electron chi connectivity index (χ3n) is 5.15. The molecule has 10 nitrogen and oxygen atoms in total. The van der Waals surface area contributed by atoms with Crippen LogP contribution in [0.25, 0.3) is 0 Å². The fourth-order valence-electron chi connectivity index (χ4n) is 3.60. The van der Waals surface area contributed by atoms with E-state index in [1.165, 1.54) is 30.5 Å². The van der Waals surface area contributed by atoms with Gasteiger partial charge in [0.15, 0.2) is 5.76 Å². The number of benzene rings is 1. The molecular weight excluding hydrogens is 416 g/mol. The second-order valence-corrected chi connectivity index (χ2v) is 7.28. The molecule has 10 heteroatoms. The second kappa shape index (κ2) is 8.88. The highest BCUT2D eigenvalue weighted by Crippen LogP contribution is 2.30. The summed E-state index contributed by atoms with van der Waals surface area (Å²) in [5.41, 5.74) is 4.34. The van der Waals surface area contributed by atoms with Gasteiger partial charge in [-0.25, -0.2) is 5.43 Å². The van der Waals surface area contributed by atoms with Crippen molar-refractivity contribution in [1.82, 2.24) is 10.7 Å². The van der Waals surface area contributed by atoms with Crippen LogP contribution in [0.15, 0.2) is 56.6 Å². The maximum atomic E-state index is 12.6. The van der Waals surface area contributed by atoms with Crippen LogP contribution in [0.1, 0.15) is 56.4 Å². The molecule has 0 saturated carbocycles. The fourth-order valence-corrected chi connectivity index (χ4v) is 3.60. The molecule has 2 heterocycles. The maximum Gasteiger partial charge on any atom is 0.287 e. The number of nitrogens with zero attached hydrogens (tertiary/aromatic N) is 2. The SMILES string of the molecule is Cc1c(C(=O)NCc2ccco2)oc2c1/C(=N/NC(=O)c1cccc([N+](=O)[O-])c1)CCC2. The monoisotopic (exact) mass is 436 g/mol. The van der Waals surface area contributed by atoms with Crippen LogP contribution in [-0.2, 0) is 13.0 Å². The summed E-state index contributed by atoms with van der Waals surface area (Å²) in [6.45, 7) is 2.00. The Balaban J connectivity index is 1.52. The van der Waals surface area contributed by atoms with Gasteiger partial charge in [-0.2, -0.15) is 5.10 Å². The third-order valence-corrected chi connectivity index (χ3v) is 5.15. The number of rotatable bonds is 6. The molecule has 0 saturated heterocycles. The number of fused-ring (bicyclic) bond motifs is 1. The van der Waals surface area contributed by atoms with E-state index in [1.807, 2.05) is 0 Å². The number of aryl methyl sites for hydroxylation is 1. The van der Waals surface area contributed by atoms with Gasteiger partial charge in [-0.05, 0) is 38.0 Å². The Hall–Kier alpha value is -4.21. The highest BCUT2D eigenvalue weighted by atomic mass is 16.6. The Morgan fingerprint density at radius 2 is 2.03 bits per heavy atom. The molecule has 0 bridgehead atoms. The molecule has 1 aliphatic carbocycles. The molecule has 3 aromatic rings. The molecule has 1 aliphatic rings. The summed E-state index contributed by atoms with van der Waals surface area (Å²) >= 11 is 0. The number of carbonyl (C=O) groups excluding carboxylic acids is 2. The minimum Gasteiger partial charge on any atom is -0.467 e. The van der Waals surface area contributed by atoms with Crippen molar-refractivity contribution >= 4 is 23.2 Å². The van der Waals surface area contributed by atoms with Crippen LogP contribution >= 0.6 is 0 Å². The molecular formula is C22H20N4O6. The van der Waals surface area contributed by atoms with Crippen LogP contribution < -0.4 is 10.7 Å². The predicted molar refractivity (Wildman–Crippen MR) is 113 cm³/mol. The van der Waals surface area contributed by atoms with Gasteiger partial charge in [0.05, 0.1) is 23.4 Å². The summed E-state index contributed by atoms with van der Waals surface area (Å²) in [7, 11) is 0. The van der Waals surface area contributed by atoms with Gasteiger partial charge in [0.1, 0.15) is 11.5 Å². The first-order chi connectivity index (χ1) is 15.4. The number of furan rings is 2. The van der Waals surface area contributed by atoms with Crippen molar-refractivity contribution in [1.29, 1.82) is 0 Å². The van der Waals surface area contributed by atoms with E-state index in [2.05, 4.69) is 15.8 Å². The first-order valence-corrected chi connectivity index (χ1v) is 9.98. The van der Waals surface area contributed by atoms with Crippen LogP contribution in [0.2, 0.25) is 0 Å². The number of carbonyl (C=O) groups is 2. The van der Waals surface area contributed by atoms with Crippen LogP contribution in [-0.4, -0.2) is 22.4 Å². The number of hydrogen-bond donors (Lipinski definition) is 2. The standard InChI is InChI=1S/C22H20N4O6/c1-13-19-17(24-25-21(27)14-5-2-6-15(11-14)26(29)30)8-3-9-18(19)32-20(13)22(28)23-12-16-7-4-10-31-16/h2,4-7,10-11H,3,8-9,12H2,1H3,(H,23,28)(H,25,27)/b24-17+. The Bertz CT molecular complexity index is 1210. The van der Waals surface area contributed by atoms with Gasteiger partial charge in [0.25, 0.3) is 17.5 Å². The second-order valence-electron chi connectivity index (χ2n) is 7.28. The Labute approximate surface area is 182 Å². The predicted octanol–water partition coefficient (Wildman–Crippen LogP) is 3.49. The molecule has 32 heavy (non-hydrogen) atoms. The van der Waals surface area contributed by atoms with Crippen molar-refractivity contribution in [2.24, 2.45) is 5.10 Å². The molecule has 1 aromatic carbocycles. The van der Waals surface area contributed by atoms with E-state index in [4.69, 9.17) is 8.83 Å².